The number of likely N-dealkylation sites (tertiary alicyclic amines) is 1. The topological polar surface area (TPSA) is 50.2 Å². The van der Waals surface area contributed by atoms with E-state index in [0.717, 1.165) is 24.5 Å². The molecule has 1 fully saturated rings. The highest BCUT2D eigenvalue weighted by Crippen LogP contribution is 2.24. The van der Waals surface area contributed by atoms with Crippen LogP contribution < -0.4 is 5.32 Å². The van der Waals surface area contributed by atoms with Gasteiger partial charge in [0.15, 0.2) is 0 Å². The molecule has 2 aromatic carbocycles. The number of hydrogen-bond acceptors (Lipinski definition) is 3. The van der Waals surface area contributed by atoms with Gasteiger partial charge in [-0.15, -0.1) is 0 Å². The highest BCUT2D eigenvalue weighted by atomic mass is 19.1. The SMILES string of the molecule is Cc1c(C(=O)NCC(c2ccccc2)N2CCCC2)cnn1-c1ccc(F)cc1. The van der Waals surface area contributed by atoms with Crippen LogP contribution in [0.1, 0.15) is 40.5 Å². The van der Waals surface area contributed by atoms with E-state index >= 15 is 0 Å². The van der Waals surface area contributed by atoms with E-state index in [9.17, 15) is 9.18 Å². The normalized spacial score (nSPS) is 15.4. The van der Waals surface area contributed by atoms with Gasteiger partial charge in [-0.05, 0) is 62.7 Å². The summed E-state index contributed by atoms with van der Waals surface area (Å²) in [6.07, 6.45) is 3.96. The third kappa shape index (κ3) is 4.22. The first kappa shape index (κ1) is 19.3. The molecule has 1 amide bonds. The van der Waals surface area contributed by atoms with E-state index in [1.807, 2.05) is 25.1 Å². The highest BCUT2D eigenvalue weighted by molar-refractivity contribution is 5.95. The molecule has 1 saturated heterocycles. The van der Waals surface area contributed by atoms with Gasteiger partial charge in [-0.25, -0.2) is 9.07 Å². The Morgan fingerprint density at radius 3 is 2.48 bits per heavy atom. The smallest absolute Gasteiger partial charge is 0.254 e. The Balaban J connectivity index is 1.49. The zero-order valence-electron chi connectivity index (χ0n) is 16.5. The molecule has 0 saturated carbocycles. The number of rotatable bonds is 6. The number of aromatic nitrogens is 2. The Morgan fingerprint density at radius 1 is 1.10 bits per heavy atom. The molecule has 0 radical (unpaired) electrons. The zero-order chi connectivity index (χ0) is 20.2. The van der Waals surface area contributed by atoms with Crippen molar-refractivity contribution < 1.29 is 9.18 Å². The van der Waals surface area contributed by atoms with Crippen LogP contribution in [0.5, 0.6) is 0 Å². The summed E-state index contributed by atoms with van der Waals surface area (Å²) in [7, 11) is 0. The molecule has 1 unspecified atom stereocenters. The molecule has 1 aliphatic rings. The molecular weight excluding hydrogens is 367 g/mol. The lowest BCUT2D eigenvalue weighted by molar-refractivity contribution is 0.0937. The van der Waals surface area contributed by atoms with Crippen LogP contribution >= 0.6 is 0 Å². The minimum atomic E-state index is -0.301. The van der Waals surface area contributed by atoms with Gasteiger partial charge < -0.3 is 5.32 Å². The van der Waals surface area contributed by atoms with Gasteiger partial charge in [-0.2, -0.15) is 5.10 Å². The van der Waals surface area contributed by atoms with Crippen molar-refractivity contribution in [2.75, 3.05) is 19.6 Å². The van der Waals surface area contributed by atoms with Crippen LogP contribution in [0, 0.1) is 12.7 Å². The van der Waals surface area contributed by atoms with Gasteiger partial charge in [0, 0.05) is 6.54 Å². The van der Waals surface area contributed by atoms with Crippen molar-refractivity contribution >= 4 is 5.91 Å². The van der Waals surface area contributed by atoms with Crippen molar-refractivity contribution in [1.82, 2.24) is 20.0 Å². The first-order valence-electron chi connectivity index (χ1n) is 10.0. The number of hydrogen-bond donors (Lipinski definition) is 1. The van der Waals surface area contributed by atoms with Crippen LogP contribution in [0.25, 0.3) is 5.69 Å². The molecule has 1 N–H and O–H groups in total. The summed E-state index contributed by atoms with van der Waals surface area (Å²) in [5.74, 6) is -0.443. The van der Waals surface area contributed by atoms with Crippen LogP contribution in [0.4, 0.5) is 4.39 Å². The minimum absolute atomic E-state index is 0.143. The second kappa shape index (κ2) is 8.57. The Labute approximate surface area is 170 Å². The van der Waals surface area contributed by atoms with Crippen molar-refractivity contribution in [1.29, 1.82) is 0 Å². The number of nitrogens with zero attached hydrogens (tertiary/aromatic N) is 3. The first-order valence-corrected chi connectivity index (χ1v) is 10.0. The van der Waals surface area contributed by atoms with E-state index in [2.05, 4.69) is 27.4 Å². The summed E-state index contributed by atoms with van der Waals surface area (Å²) in [6.45, 7) is 4.50. The molecule has 150 valence electrons. The van der Waals surface area contributed by atoms with Gasteiger partial charge in [-0.3, -0.25) is 9.69 Å². The third-order valence-corrected chi connectivity index (χ3v) is 5.55. The fourth-order valence-corrected chi connectivity index (χ4v) is 3.95. The van der Waals surface area contributed by atoms with Gasteiger partial charge in [-0.1, -0.05) is 30.3 Å². The van der Waals surface area contributed by atoms with Crippen LogP contribution in [0.2, 0.25) is 0 Å². The van der Waals surface area contributed by atoms with Crippen molar-refractivity contribution in [2.24, 2.45) is 0 Å². The van der Waals surface area contributed by atoms with E-state index in [4.69, 9.17) is 0 Å². The summed E-state index contributed by atoms with van der Waals surface area (Å²) < 4.78 is 14.8. The maximum atomic E-state index is 13.2. The second-order valence-corrected chi connectivity index (χ2v) is 7.41. The molecule has 0 bridgehead atoms. The predicted octanol–water partition coefficient (Wildman–Crippen LogP) is 3.89. The molecule has 0 spiro atoms. The highest BCUT2D eigenvalue weighted by Gasteiger charge is 2.24. The van der Waals surface area contributed by atoms with Crippen LogP contribution in [0.3, 0.4) is 0 Å². The summed E-state index contributed by atoms with van der Waals surface area (Å²) >= 11 is 0. The van der Waals surface area contributed by atoms with E-state index in [-0.39, 0.29) is 17.8 Å². The number of amides is 1. The van der Waals surface area contributed by atoms with E-state index in [1.54, 1.807) is 23.0 Å². The molecule has 3 aromatic rings. The summed E-state index contributed by atoms with van der Waals surface area (Å²) in [6, 6.07) is 16.6. The number of carbonyl (C=O) groups excluding carboxylic acids is 1. The lowest BCUT2D eigenvalue weighted by Gasteiger charge is -2.28. The van der Waals surface area contributed by atoms with Crippen molar-refractivity contribution in [2.45, 2.75) is 25.8 Å². The fourth-order valence-electron chi connectivity index (χ4n) is 3.95. The summed E-state index contributed by atoms with van der Waals surface area (Å²) in [5.41, 5.74) is 3.20. The largest absolute Gasteiger partial charge is 0.350 e. The Hall–Kier alpha value is -2.99. The Morgan fingerprint density at radius 2 is 1.79 bits per heavy atom. The maximum Gasteiger partial charge on any atom is 0.254 e. The molecule has 2 heterocycles. The number of halogens is 1. The quantitative estimate of drug-likeness (QED) is 0.693. The average molecular weight is 392 g/mol. The Bertz CT molecular complexity index is 962. The number of nitrogens with one attached hydrogen (secondary N) is 1. The number of benzene rings is 2. The standard InChI is InChI=1S/C23H25FN4O/c1-17-21(15-26-28(17)20-11-9-19(24)10-12-20)23(29)25-16-22(27-13-5-6-14-27)18-7-3-2-4-8-18/h2-4,7-12,15,22H,5-6,13-14,16H2,1H3,(H,25,29). The summed E-state index contributed by atoms with van der Waals surface area (Å²) in [4.78, 5) is 15.3. The van der Waals surface area contributed by atoms with Crippen LogP contribution in [0.15, 0.2) is 60.8 Å². The zero-order valence-corrected chi connectivity index (χ0v) is 16.5. The van der Waals surface area contributed by atoms with Crippen molar-refractivity contribution in [3.63, 3.8) is 0 Å². The monoisotopic (exact) mass is 392 g/mol. The molecule has 5 nitrogen and oxygen atoms in total. The molecule has 29 heavy (non-hydrogen) atoms. The molecule has 1 aliphatic heterocycles. The van der Waals surface area contributed by atoms with E-state index < -0.39 is 0 Å². The molecule has 0 aliphatic carbocycles. The lowest BCUT2D eigenvalue weighted by atomic mass is 10.1. The van der Waals surface area contributed by atoms with Gasteiger partial charge in [0.2, 0.25) is 0 Å². The maximum absolute atomic E-state index is 13.2. The fraction of sp³-hybridized carbons (Fsp3) is 0.304. The predicted molar refractivity (Wildman–Crippen MR) is 111 cm³/mol. The molecule has 1 atom stereocenters. The third-order valence-electron chi connectivity index (χ3n) is 5.55. The van der Waals surface area contributed by atoms with Gasteiger partial charge in [0.05, 0.1) is 29.2 Å². The van der Waals surface area contributed by atoms with Crippen molar-refractivity contribution in [3.05, 3.63) is 83.4 Å². The Kier molecular flexibility index (Phi) is 5.71. The molecule has 1 aromatic heterocycles. The summed E-state index contributed by atoms with van der Waals surface area (Å²) in [5, 5.41) is 7.42. The minimum Gasteiger partial charge on any atom is -0.350 e. The number of carbonyl (C=O) groups is 1. The van der Waals surface area contributed by atoms with E-state index in [0.29, 0.717) is 12.1 Å². The molecular formula is C23H25FN4O. The van der Waals surface area contributed by atoms with Gasteiger partial charge >= 0.3 is 0 Å². The van der Waals surface area contributed by atoms with Crippen LogP contribution in [-0.4, -0.2) is 40.2 Å². The van der Waals surface area contributed by atoms with E-state index in [1.165, 1.54) is 30.5 Å². The second-order valence-electron chi connectivity index (χ2n) is 7.41. The van der Waals surface area contributed by atoms with Crippen molar-refractivity contribution in [3.8, 4) is 5.69 Å². The van der Waals surface area contributed by atoms with Gasteiger partial charge in [0.1, 0.15) is 5.82 Å². The van der Waals surface area contributed by atoms with Crippen LogP contribution in [-0.2, 0) is 0 Å². The molecule has 6 heteroatoms. The average Bonchev–Trinajstić information content (AvgIpc) is 3.40. The lowest BCUT2D eigenvalue weighted by Crippen LogP contribution is -2.36. The first-order chi connectivity index (χ1) is 14.1. The van der Waals surface area contributed by atoms with Gasteiger partial charge in [0.25, 0.3) is 5.91 Å². The molecule has 4 rings (SSSR count).